The van der Waals surface area contributed by atoms with Crippen molar-refractivity contribution in [2.24, 2.45) is 0 Å². The van der Waals surface area contributed by atoms with Crippen LogP contribution >= 0.6 is 0 Å². The summed E-state index contributed by atoms with van der Waals surface area (Å²) in [6.07, 6.45) is 1.23. The lowest BCUT2D eigenvalue weighted by atomic mass is 9.98. The molecule has 4 amide bonds. The van der Waals surface area contributed by atoms with Gasteiger partial charge in [-0.05, 0) is 62.9 Å². The predicted molar refractivity (Wildman–Crippen MR) is 171 cm³/mol. The van der Waals surface area contributed by atoms with Gasteiger partial charge in [0.1, 0.15) is 17.2 Å². The van der Waals surface area contributed by atoms with Gasteiger partial charge in [-0.3, -0.25) is 10.1 Å². The second kappa shape index (κ2) is 13.1. The molecule has 0 radical (unpaired) electrons. The molecule has 0 fully saturated rings. The highest BCUT2D eigenvalue weighted by Crippen LogP contribution is 2.38. The quantitative estimate of drug-likeness (QED) is 0.235. The Labute approximate surface area is 266 Å². The number of carbonyl (C=O) groups is 3. The molecule has 1 aromatic heterocycles. The Bertz CT molecular complexity index is 1770. The van der Waals surface area contributed by atoms with Gasteiger partial charge in [-0.25, -0.2) is 23.1 Å². The molecule has 46 heavy (non-hydrogen) atoms. The van der Waals surface area contributed by atoms with Crippen LogP contribution in [0.25, 0.3) is 16.9 Å². The monoisotopic (exact) mass is 629 g/mol. The largest absolute Gasteiger partial charge is 0.444 e. The highest BCUT2D eigenvalue weighted by molar-refractivity contribution is 6.08. The Morgan fingerprint density at radius 2 is 1.61 bits per heavy atom. The van der Waals surface area contributed by atoms with E-state index in [9.17, 15) is 14.4 Å². The average Bonchev–Trinajstić information content (AvgIpc) is 3.39. The summed E-state index contributed by atoms with van der Waals surface area (Å²) in [7, 11) is 0. The molecule has 4 aromatic rings. The van der Waals surface area contributed by atoms with Crippen LogP contribution in [-0.4, -0.2) is 44.9 Å². The first-order valence-corrected chi connectivity index (χ1v) is 15.3. The summed E-state index contributed by atoms with van der Waals surface area (Å²) in [5, 5.41) is 9.27. The van der Waals surface area contributed by atoms with Gasteiger partial charge in [0.15, 0.2) is 0 Å². The molecule has 240 valence electrons. The van der Waals surface area contributed by atoms with Gasteiger partial charge in [0.2, 0.25) is 0 Å². The second-order valence-corrected chi connectivity index (χ2v) is 12.1. The number of aryl methyl sites for hydroxylation is 2. The number of anilines is 1. The molecule has 1 aliphatic heterocycles. The van der Waals surface area contributed by atoms with Crippen molar-refractivity contribution in [1.82, 2.24) is 20.0 Å². The van der Waals surface area contributed by atoms with Crippen LogP contribution in [0.1, 0.15) is 67.4 Å². The van der Waals surface area contributed by atoms with Crippen LogP contribution in [0.2, 0.25) is 0 Å². The average molecular weight is 630 g/mol. The van der Waals surface area contributed by atoms with Crippen molar-refractivity contribution in [3.05, 3.63) is 100 Å². The summed E-state index contributed by atoms with van der Waals surface area (Å²) in [4.78, 5) is 39.5. The number of hydrogen-bond acceptors (Lipinski definition) is 5. The fourth-order valence-corrected chi connectivity index (χ4v) is 5.52. The minimum absolute atomic E-state index is 0.0837. The first-order chi connectivity index (χ1) is 21.9. The van der Waals surface area contributed by atoms with Gasteiger partial charge >= 0.3 is 12.1 Å². The van der Waals surface area contributed by atoms with Crippen LogP contribution in [-0.2, 0) is 30.5 Å². The molecule has 5 rings (SSSR count). The Morgan fingerprint density at radius 3 is 2.24 bits per heavy atom. The fourth-order valence-electron chi connectivity index (χ4n) is 5.52. The van der Waals surface area contributed by atoms with Gasteiger partial charge in [-0.15, -0.1) is 0 Å². The van der Waals surface area contributed by atoms with Gasteiger partial charge in [0.05, 0.1) is 29.3 Å². The number of ether oxygens (including phenoxy) is 1. The normalized spacial score (nSPS) is 12.8. The molecule has 3 aromatic carbocycles. The number of aromatic nitrogens is 2. The molecule has 2 heterocycles. The minimum atomic E-state index is -1.01. The summed E-state index contributed by atoms with van der Waals surface area (Å²) in [6.45, 7) is 9.81. The molecule has 0 spiro atoms. The first-order valence-electron chi connectivity index (χ1n) is 15.3. The van der Waals surface area contributed by atoms with Crippen molar-refractivity contribution in [2.75, 3.05) is 11.9 Å². The smallest absolute Gasteiger partial charge is 0.410 e. The first kappa shape index (κ1) is 32.3. The van der Waals surface area contributed by atoms with Crippen molar-refractivity contribution in [2.45, 2.75) is 66.0 Å². The number of hydrogen-bond donors (Lipinski definition) is 2. The number of carbonyl (C=O) groups excluding carboxylic acids is 3. The van der Waals surface area contributed by atoms with Crippen LogP contribution in [0.4, 0.5) is 24.1 Å². The summed E-state index contributed by atoms with van der Waals surface area (Å²) in [5.74, 6) is -2.43. The van der Waals surface area contributed by atoms with E-state index in [2.05, 4.69) is 10.6 Å². The number of benzene rings is 3. The van der Waals surface area contributed by atoms with E-state index in [0.29, 0.717) is 42.8 Å². The number of nitrogens with one attached hydrogen (secondary N) is 2. The van der Waals surface area contributed by atoms with Crippen molar-refractivity contribution in [1.29, 1.82) is 0 Å². The lowest BCUT2D eigenvalue weighted by Gasteiger charge is -2.30. The molecule has 1 aliphatic rings. The molecule has 0 saturated heterocycles. The number of urea groups is 1. The maximum absolute atomic E-state index is 16.1. The van der Waals surface area contributed by atoms with Crippen molar-refractivity contribution in [3.8, 4) is 16.9 Å². The van der Waals surface area contributed by atoms with E-state index in [1.807, 2.05) is 32.0 Å². The van der Waals surface area contributed by atoms with E-state index in [-0.39, 0.29) is 17.7 Å². The van der Waals surface area contributed by atoms with Gasteiger partial charge < -0.3 is 15.0 Å². The maximum Gasteiger partial charge on any atom is 0.410 e. The van der Waals surface area contributed by atoms with Gasteiger partial charge in [0, 0.05) is 35.7 Å². The number of para-hydroxylation sites is 1. The van der Waals surface area contributed by atoms with Crippen LogP contribution in [0.5, 0.6) is 0 Å². The minimum Gasteiger partial charge on any atom is -0.444 e. The van der Waals surface area contributed by atoms with Crippen LogP contribution in [0.15, 0.2) is 60.7 Å². The number of amides is 4. The van der Waals surface area contributed by atoms with Crippen LogP contribution < -0.4 is 10.6 Å². The molecule has 0 bridgehead atoms. The molecule has 0 unspecified atom stereocenters. The highest BCUT2D eigenvalue weighted by Gasteiger charge is 2.33. The van der Waals surface area contributed by atoms with E-state index < -0.39 is 41.0 Å². The van der Waals surface area contributed by atoms with Gasteiger partial charge in [0.25, 0.3) is 5.91 Å². The molecule has 2 N–H and O–H groups in total. The van der Waals surface area contributed by atoms with Gasteiger partial charge in [-0.1, -0.05) is 50.2 Å². The van der Waals surface area contributed by atoms with Gasteiger partial charge in [-0.2, -0.15) is 5.10 Å². The third-order valence-electron chi connectivity index (χ3n) is 7.69. The van der Waals surface area contributed by atoms with E-state index in [4.69, 9.17) is 9.84 Å². The fraction of sp³-hybridized carbons (Fsp3) is 0.314. The van der Waals surface area contributed by atoms with E-state index in [0.717, 1.165) is 28.9 Å². The number of rotatable bonds is 6. The van der Waals surface area contributed by atoms with Crippen molar-refractivity contribution >= 4 is 23.7 Å². The third-order valence-corrected chi connectivity index (χ3v) is 7.69. The topological polar surface area (TPSA) is 106 Å². The predicted octanol–water partition coefficient (Wildman–Crippen LogP) is 7.20. The molecule has 11 heteroatoms. The van der Waals surface area contributed by atoms with E-state index in [1.165, 1.54) is 17.0 Å². The molecule has 0 aliphatic carbocycles. The number of halogens is 2. The Morgan fingerprint density at radius 1 is 0.935 bits per heavy atom. The zero-order valence-corrected chi connectivity index (χ0v) is 26.5. The van der Waals surface area contributed by atoms with E-state index in [1.54, 1.807) is 43.7 Å². The zero-order chi connectivity index (χ0) is 33.2. The highest BCUT2D eigenvalue weighted by atomic mass is 19.1. The van der Waals surface area contributed by atoms with E-state index >= 15 is 8.78 Å². The summed E-state index contributed by atoms with van der Waals surface area (Å²) >= 11 is 0. The Hall–Kier alpha value is -5.06. The standard InChI is InChI=1S/C35H37F2N5O4/c1-6-21-14-11-15-22(7-2)30(21)42-31(25-20-41(17-16-28(25)40-42)34(45)46-35(3,4)5)24-18-27(37)29(19-26(24)36)38-33(44)39-32(43)23-12-9-8-10-13-23/h8-15,18-19H,6-7,16-17,20H2,1-5H3,(H2,38,39,43,44). The van der Waals surface area contributed by atoms with Crippen LogP contribution in [0, 0.1) is 11.6 Å². The lowest BCUT2D eigenvalue weighted by Crippen LogP contribution is -2.39. The zero-order valence-electron chi connectivity index (χ0n) is 26.5. The molecule has 0 atom stereocenters. The number of nitrogens with zero attached hydrogens (tertiary/aromatic N) is 3. The Balaban J connectivity index is 1.57. The maximum atomic E-state index is 16.1. The van der Waals surface area contributed by atoms with Crippen molar-refractivity contribution in [3.63, 3.8) is 0 Å². The molecular formula is C35H37F2N5O4. The summed E-state index contributed by atoms with van der Waals surface area (Å²) in [6, 6.07) is 14.8. The third kappa shape index (κ3) is 6.78. The summed E-state index contributed by atoms with van der Waals surface area (Å²) in [5.41, 5.74) is 3.28. The SMILES string of the molecule is CCc1cccc(CC)c1-n1nc2c(c1-c1cc(F)c(NC(=O)NC(=O)c3ccccc3)cc1F)CN(C(=O)OC(C)(C)C)CC2. The molecule has 0 saturated carbocycles. The van der Waals surface area contributed by atoms with Crippen molar-refractivity contribution < 1.29 is 27.9 Å². The lowest BCUT2D eigenvalue weighted by molar-refractivity contribution is 0.0223. The number of imide groups is 1. The molecule has 9 nitrogen and oxygen atoms in total. The second-order valence-electron chi connectivity index (χ2n) is 12.1. The molecular weight excluding hydrogens is 592 g/mol. The number of fused-ring (bicyclic) bond motifs is 1. The Kier molecular flexibility index (Phi) is 9.22. The summed E-state index contributed by atoms with van der Waals surface area (Å²) < 4.78 is 39.1. The van der Waals surface area contributed by atoms with Crippen LogP contribution in [0.3, 0.4) is 0 Å².